The van der Waals surface area contributed by atoms with E-state index >= 15 is 0 Å². The third-order valence-electron chi connectivity index (χ3n) is 3.72. The molecule has 0 saturated carbocycles. The van der Waals surface area contributed by atoms with Crippen LogP contribution in [0.5, 0.6) is 0 Å². The molecule has 0 unspecified atom stereocenters. The highest BCUT2D eigenvalue weighted by atomic mass is 16.5. The molecule has 25 heavy (non-hydrogen) atoms. The number of nitriles is 1. The fourth-order valence-corrected chi connectivity index (χ4v) is 2.31. The first-order chi connectivity index (χ1) is 12.0. The molecule has 2 rings (SSSR count). The van der Waals surface area contributed by atoms with Gasteiger partial charge >= 0.3 is 5.97 Å². The molecule has 2 aromatic carbocycles. The summed E-state index contributed by atoms with van der Waals surface area (Å²) in [6.07, 6.45) is 0. The minimum atomic E-state index is -0.582. The van der Waals surface area contributed by atoms with Crippen LogP contribution in [-0.4, -0.2) is 29.4 Å². The third kappa shape index (κ3) is 5.18. The van der Waals surface area contributed by atoms with E-state index in [1.807, 2.05) is 50.2 Å². The smallest absolute Gasteiger partial charge is 0.338 e. The second-order valence-electron chi connectivity index (χ2n) is 5.87. The number of hydrogen-bond acceptors (Lipinski definition) is 4. The second-order valence-corrected chi connectivity index (χ2v) is 5.87. The van der Waals surface area contributed by atoms with E-state index in [-0.39, 0.29) is 18.6 Å². The summed E-state index contributed by atoms with van der Waals surface area (Å²) in [4.78, 5) is 26.1. The Labute approximate surface area is 147 Å². The number of hydrogen-bond donors (Lipinski definition) is 0. The fraction of sp³-hybridized carbons (Fsp3) is 0.250. The van der Waals surface area contributed by atoms with Gasteiger partial charge in [0.2, 0.25) is 0 Å². The van der Waals surface area contributed by atoms with E-state index in [0.29, 0.717) is 17.7 Å². The van der Waals surface area contributed by atoms with Crippen LogP contribution in [-0.2, 0) is 16.1 Å². The van der Waals surface area contributed by atoms with Crippen molar-refractivity contribution in [3.8, 4) is 6.07 Å². The monoisotopic (exact) mass is 336 g/mol. The molecule has 2 aromatic rings. The summed E-state index contributed by atoms with van der Waals surface area (Å²) >= 11 is 0. The molecule has 0 atom stereocenters. The van der Waals surface area contributed by atoms with Gasteiger partial charge in [-0.3, -0.25) is 4.79 Å². The maximum Gasteiger partial charge on any atom is 0.338 e. The standard InChI is InChI=1S/C20H20N2O3/c1-15(2)22(13-17-6-4-3-5-7-17)19(23)14-25-20(24)18-10-8-16(12-21)9-11-18/h3-11,15H,13-14H2,1-2H3. The number of rotatable bonds is 6. The Morgan fingerprint density at radius 3 is 2.28 bits per heavy atom. The predicted octanol–water partition coefficient (Wildman–Crippen LogP) is 3.15. The molecule has 0 aliphatic carbocycles. The lowest BCUT2D eigenvalue weighted by atomic mass is 10.1. The molecule has 0 aliphatic rings. The molecule has 1 amide bonds. The molecule has 5 nitrogen and oxygen atoms in total. The van der Waals surface area contributed by atoms with Crippen molar-refractivity contribution in [1.29, 1.82) is 5.26 Å². The van der Waals surface area contributed by atoms with Crippen LogP contribution in [0, 0.1) is 11.3 Å². The van der Waals surface area contributed by atoms with Crippen LogP contribution in [0.3, 0.4) is 0 Å². The van der Waals surface area contributed by atoms with Gasteiger partial charge in [-0.05, 0) is 43.7 Å². The summed E-state index contributed by atoms with van der Waals surface area (Å²) in [5.41, 5.74) is 1.79. The van der Waals surface area contributed by atoms with Gasteiger partial charge in [0.15, 0.2) is 6.61 Å². The second kappa shape index (κ2) is 8.65. The Kier molecular flexibility index (Phi) is 6.30. The summed E-state index contributed by atoms with van der Waals surface area (Å²) in [5, 5.41) is 8.76. The lowest BCUT2D eigenvalue weighted by Crippen LogP contribution is -2.39. The molecular weight excluding hydrogens is 316 g/mol. The van der Waals surface area contributed by atoms with Gasteiger partial charge in [-0.15, -0.1) is 0 Å². The number of amides is 1. The Balaban J connectivity index is 1.96. The first kappa shape index (κ1) is 18.2. The van der Waals surface area contributed by atoms with E-state index in [1.54, 1.807) is 4.90 Å². The highest BCUT2D eigenvalue weighted by Gasteiger charge is 2.19. The molecule has 0 saturated heterocycles. The Morgan fingerprint density at radius 2 is 1.72 bits per heavy atom. The van der Waals surface area contributed by atoms with Crippen molar-refractivity contribution in [3.63, 3.8) is 0 Å². The molecule has 0 aromatic heterocycles. The normalized spacial score (nSPS) is 10.2. The topological polar surface area (TPSA) is 70.4 Å². The highest BCUT2D eigenvalue weighted by molar-refractivity contribution is 5.91. The molecule has 128 valence electrons. The van der Waals surface area contributed by atoms with Gasteiger partial charge in [0, 0.05) is 12.6 Å². The Morgan fingerprint density at radius 1 is 1.08 bits per heavy atom. The van der Waals surface area contributed by atoms with E-state index in [2.05, 4.69) is 0 Å². The van der Waals surface area contributed by atoms with Gasteiger partial charge in [-0.2, -0.15) is 5.26 Å². The zero-order valence-corrected chi connectivity index (χ0v) is 14.3. The lowest BCUT2D eigenvalue weighted by molar-refractivity contribution is -0.136. The van der Waals surface area contributed by atoms with Crippen LogP contribution in [0.2, 0.25) is 0 Å². The summed E-state index contributed by atoms with van der Waals surface area (Å²) in [5.74, 6) is -0.831. The summed E-state index contributed by atoms with van der Waals surface area (Å²) in [6, 6.07) is 17.7. The molecule has 0 heterocycles. The van der Waals surface area contributed by atoms with Crippen LogP contribution in [0.4, 0.5) is 0 Å². The molecule has 0 radical (unpaired) electrons. The zero-order valence-electron chi connectivity index (χ0n) is 14.3. The SMILES string of the molecule is CC(C)N(Cc1ccccc1)C(=O)COC(=O)c1ccc(C#N)cc1. The minimum absolute atomic E-state index is 0.0127. The largest absolute Gasteiger partial charge is 0.452 e. The highest BCUT2D eigenvalue weighted by Crippen LogP contribution is 2.10. The number of esters is 1. The van der Waals surface area contributed by atoms with E-state index in [1.165, 1.54) is 24.3 Å². The number of nitrogens with zero attached hydrogens (tertiary/aromatic N) is 2. The van der Waals surface area contributed by atoms with Crippen LogP contribution < -0.4 is 0 Å². The number of carbonyl (C=O) groups excluding carboxylic acids is 2. The summed E-state index contributed by atoms with van der Waals surface area (Å²) in [6.45, 7) is 3.99. The molecular formula is C20H20N2O3. The molecule has 5 heteroatoms. The zero-order chi connectivity index (χ0) is 18.2. The lowest BCUT2D eigenvalue weighted by Gasteiger charge is -2.26. The molecule has 0 bridgehead atoms. The number of carbonyl (C=O) groups is 2. The van der Waals surface area contributed by atoms with E-state index in [4.69, 9.17) is 10.00 Å². The average Bonchev–Trinajstić information content (AvgIpc) is 2.64. The third-order valence-corrected chi connectivity index (χ3v) is 3.72. The summed E-state index contributed by atoms with van der Waals surface area (Å²) < 4.78 is 5.12. The Bertz CT molecular complexity index is 762. The fourth-order valence-electron chi connectivity index (χ4n) is 2.31. The van der Waals surface area contributed by atoms with E-state index in [0.717, 1.165) is 5.56 Å². The van der Waals surface area contributed by atoms with Crippen molar-refractivity contribution >= 4 is 11.9 Å². The van der Waals surface area contributed by atoms with Crippen molar-refractivity contribution < 1.29 is 14.3 Å². The van der Waals surface area contributed by atoms with Crippen molar-refractivity contribution in [1.82, 2.24) is 4.90 Å². The maximum absolute atomic E-state index is 12.4. The number of benzene rings is 2. The van der Waals surface area contributed by atoms with Gasteiger partial charge in [0.25, 0.3) is 5.91 Å². The van der Waals surface area contributed by atoms with Crippen molar-refractivity contribution in [2.75, 3.05) is 6.61 Å². The molecule has 0 spiro atoms. The average molecular weight is 336 g/mol. The van der Waals surface area contributed by atoms with Crippen LogP contribution in [0.15, 0.2) is 54.6 Å². The van der Waals surface area contributed by atoms with Crippen molar-refractivity contribution in [2.24, 2.45) is 0 Å². The molecule has 0 fully saturated rings. The van der Waals surface area contributed by atoms with Gasteiger partial charge in [-0.25, -0.2) is 4.79 Å². The van der Waals surface area contributed by atoms with Crippen molar-refractivity contribution in [3.05, 3.63) is 71.3 Å². The van der Waals surface area contributed by atoms with Crippen LogP contribution in [0.25, 0.3) is 0 Å². The first-order valence-corrected chi connectivity index (χ1v) is 8.02. The van der Waals surface area contributed by atoms with Crippen LogP contribution >= 0.6 is 0 Å². The van der Waals surface area contributed by atoms with E-state index < -0.39 is 5.97 Å². The van der Waals surface area contributed by atoms with Gasteiger partial charge in [0.05, 0.1) is 17.2 Å². The van der Waals surface area contributed by atoms with Crippen molar-refractivity contribution in [2.45, 2.75) is 26.4 Å². The minimum Gasteiger partial charge on any atom is -0.452 e. The van der Waals surface area contributed by atoms with Gasteiger partial charge in [0.1, 0.15) is 0 Å². The quantitative estimate of drug-likeness (QED) is 0.760. The molecule has 0 N–H and O–H groups in total. The van der Waals surface area contributed by atoms with Gasteiger partial charge < -0.3 is 9.64 Å². The maximum atomic E-state index is 12.4. The predicted molar refractivity (Wildman–Crippen MR) is 93.6 cm³/mol. The Hall–Kier alpha value is -3.13. The van der Waals surface area contributed by atoms with Crippen LogP contribution in [0.1, 0.15) is 35.3 Å². The summed E-state index contributed by atoms with van der Waals surface area (Å²) in [7, 11) is 0. The van der Waals surface area contributed by atoms with Gasteiger partial charge in [-0.1, -0.05) is 30.3 Å². The van der Waals surface area contributed by atoms with E-state index in [9.17, 15) is 9.59 Å². The number of ether oxygens (including phenoxy) is 1. The molecule has 0 aliphatic heterocycles. The first-order valence-electron chi connectivity index (χ1n) is 8.02.